The van der Waals surface area contributed by atoms with Crippen LogP contribution in [0.15, 0.2) is 18.2 Å². The minimum atomic E-state index is -0.479. The quantitative estimate of drug-likeness (QED) is 0.770. The standard InChI is InChI=1S/C12H16N2O2/c1-8-3-4-10-11(7-8)16-6-5-14(10)12(15)9(2)13/h3-4,7,9H,5-6,13H2,1-2H3/t9-/m0/s1. The highest BCUT2D eigenvalue weighted by Crippen LogP contribution is 2.32. The molecule has 16 heavy (non-hydrogen) atoms. The number of carbonyl (C=O) groups excluding carboxylic acids is 1. The van der Waals surface area contributed by atoms with Crippen LogP contribution in [0.25, 0.3) is 0 Å². The van der Waals surface area contributed by atoms with Gasteiger partial charge in [0.25, 0.3) is 0 Å². The molecule has 0 spiro atoms. The number of nitrogens with two attached hydrogens (primary N) is 1. The molecule has 2 N–H and O–H groups in total. The summed E-state index contributed by atoms with van der Waals surface area (Å²) in [5.74, 6) is 0.702. The molecule has 1 aromatic carbocycles. The fourth-order valence-electron chi connectivity index (χ4n) is 1.80. The third-order valence-electron chi connectivity index (χ3n) is 2.63. The minimum absolute atomic E-state index is 0.0617. The number of nitrogens with zero attached hydrogens (tertiary/aromatic N) is 1. The average molecular weight is 220 g/mol. The van der Waals surface area contributed by atoms with Gasteiger partial charge in [-0.2, -0.15) is 0 Å². The van der Waals surface area contributed by atoms with E-state index in [0.29, 0.717) is 13.2 Å². The molecule has 0 radical (unpaired) electrons. The lowest BCUT2D eigenvalue weighted by atomic mass is 10.1. The summed E-state index contributed by atoms with van der Waals surface area (Å²) in [6, 6.07) is 5.34. The SMILES string of the molecule is Cc1ccc2c(c1)OCCN2C(=O)[C@H](C)N. The first-order valence-corrected chi connectivity index (χ1v) is 5.40. The zero-order valence-corrected chi connectivity index (χ0v) is 9.56. The highest BCUT2D eigenvalue weighted by Gasteiger charge is 2.25. The Hall–Kier alpha value is -1.55. The third kappa shape index (κ3) is 1.88. The van der Waals surface area contributed by atoms with Crippen molar-refractivity contribution in [2.45, 2.75) is 19.9 Å². The van der Waals surface area contributed by atoms with E-state index in [9.17, 15) is 4.79 Å². The summed E-state index contributed by atoms with van der Waals surface area (Å²) in [7, 11) is 0. The average Bonchev–Trinajstić information content (AvgIpc) is 2.26. The maximum atomic E-state index is 11.9. The van der Waals surface area contributed by atoms with Crippen molar-refractivity contribution >= 4 is 11.6 Å². The second kappa shape index (κ2) is 4.14. The number of carbonyl (C=O) groups is 1. The first-order chi connectivity index (χ1) is 7.59. The van der Waals surface area contributed by atoms with Gasteiger partial charge < -0.3 is 15.4 Å². The molecule has 86 valence electrons. The van der Waals surface area contributed by atoms with Crippen molar-refractivity contribution in [2.24, 2.45) is 5.73 Å². The van der Waals surface area contributed by atoms with E-state index in [4.69, 9.17) is 10.5 Å². The summed E-state index contributed by atoms with van der Waals surface area (Å²) in [5.41, 5.74) is 7.56. The van der Waals surface area contributed by atoms with E-state index in [2.05, 4.69) is 0 Å². The monoisotopic (exact) mass is 220 g/mol. The lowest BCUT2D eigenvalue weighted by Gasteiger charge is -2.30. The van der Waals surface area contributed by atoms with Crippen molar-refractivity contribution < 1.29 is 9.53 Å². The van der Waals surface area contributed by atoms with Crippen LogP contribution in [0.4, 0.5) is 5.69 Å². The third-order valence-corrected chi connectivity index (χ3v) is 2.63. The van der Waals surface area contributed by atoms with Crippen molar-refractivity contribution in [1.82, 2.24) is 0 Å². The van der Waals surface area contributed by atoms with E-state index >= 15 is 0 Å². The molecule has 0 aromatic heterocycles. The Labute approximate surface area is 95.0 Å². The molecule has 1 aliphatic rings. The second-order valence-electron chi connectivity index (χ2n) is 4.10. The maximum Gasteiger partial charge on any atom is 0.243 e. The first kappa shape index (κ1) is 11.0. The van der Waals surface area contributed by atoms with E-state index in [0.717, 1.165) is 17.0 Å². The van der Waals surface area contributed by atoms with Gasteiger partial charge in [-0.15, -0.1) is 0 Å². The van der Waals surface area contributed by atoms with Crippen LogP contribution in [0, 0.1) is 6.92 Å². The Morgan fingerprint density at radius 2 is 2.31 bits per heavy atom. The summed E-state index contributed by atoms with van der Waals surface area (Å²) >= 11 is 0. The van der Waals surface area contributed by atoms with Crippen molar-refractivity contribution in [3.63, 3.8) is 0 Å². The number of rotatable bonds is 1. The van der Waals surface area contributed by atoms with E-state index in [1.165, 1.54) is 0 Å². The van der Waals surface area contributed by atoms with Crippen molar-refractivity contribution in [1.29, 1.82) is 0 Å². The normalized spacial score (nSPS) is 16.3. The highest BCUT2D eigenvalue weighted by molar-refractivity contribution is 5.98. The zero-order chi connectivity index (χ0) is 11.7. The lowest BCUT2D eigenvalue weighted by molar-refractivity contribution is -0.119. The smallest absolute Gasteiger partial charge is 0.243 e. The molecule has 1 aromatic rings. The lowest BCUT2D eigenvalue weighted by Crippen LogP contribution is -2.45. The summed E-state index contributed by atoms with van der Waals surface area (Å²) in [6.45, 7) is 4.78. The molecule has 1 aliphatic heterocycles. The van der Waals surface area contributed by atoms with Gasteiger partial charge in [0, 0.05) is 0 Å². The molecule has 1 amide bonds. The van der Waals surface area contributed by atoms with E-state index < -0.39 is 6.04 Å². The molecule has 4 nitrogen and oxygen atoms in total. The fraction of sp³-hybridized carbons (Fsp3) is 0.417. The number of benzene rings is 1. The number of amides is 1. The van der Waals surface area contributed by atoms with E-state index in [-0.39, 0.29) is 5.91 Å². The minimum Gasteiger partial charge on any atom is -0.490 e. The molecule has 4 heteroatoms. The molecule has 1 atom stereocenters. The molecular weight excluding hydrogens is 204 g/mol. The molecule has 0 saturated carbocycles. The fourth-order valence-corrected chi connectivity index (χ4v) is 1.80. The van der Waals surface area contributed by atoms with Crippen LogP contribution in [0.1, 0.15) is 12.5 Å². The Bertz CT molecular complexity index is 415. The van der Waals surface area contributed by atoms with Crippen molar-refractivity contribution in [3.8, 4) is 5.75 Å². The predicted octanol–water partition coefficient (Wildman–Crippen LogP) is 1.07. The van der Waals surface area contributed by atoms with Gasteiger partial charge in [0.2, 0.25) is 5.91 Å². The molecule has 2 rings (SSSR count). The number of aryl methyl sites for hydroxylation is 1. The summed E-state index contributed by atoms with van der Waals surface area (Å²) in [5, 5.41) is 0. The van der Waals surface area contributed by atoms with Crippen LogP contribution < -0.4 is 15.4 Å². The van der Waals surface area contributed by atoms with Crippen LogP contribution >= 0.6 is 0 Å². The first-order valence-electron chi connectivity index (χ1n) is 5.40. The second-order valence-corrected chi connectivity index (χ2v) is 4.10. The Kier molecular flexibility index (Phi) is 2.83. The molecule has 0 aliphatic carbocycles. The Morgan fingerprint density at radius 3 is 3.00 bits per heavy atom. The van der Waals surface area contributed by atoms with Gasteiger partial charge >= 0.3 is 0 Å². The number of ether oxygens (including phenoxy) is 1. The number of hydrogen-bond acceptors (Lipinski definition) is 3. The summed E-state index contributed by atoms with van der Waals surface area (Å²) in [6.07, 6.45) is 0. The van der Waals surface area contributed by atoms with Gasteiger partial charge in [-0.25, -0.2) is 0 Å². The summed E-state index contributed by atoms with van der Waals surface area (Å²) in [4.78, 5) is 13.6. The van der Waals surface area contributed by atoms with Gasteiger partial charge in [-0.1, -0.05) is 6.07 Å². The highest BCUT2D eigenvalue weighted by atomic mass is 16.5. The van der Waals surface area contributed by atoms with Gasteiger partial charge in [-0.3, -0.25) is 4.79 Å². The van der Waals surface area contributed by atoms with Gasteiger partial charge in [0.15, 0.2) is 0 Å². The van der Waals surface area contributed by atoms with Gasteiger partial charge in [0.1, 0.15) is 12.4 Å². The van der Waals surface area contributed by atoms with Gasteiger partial charge in [0.05, 0.1) is 18.3 Å². The van der Waals surface area contributed by atoms with Crippen LogP contribution in [0.5, 0.6) is 5.75 Å². The Balaban J connectivity index is 2.37. The number of fused-ring (bicyclic) bond motifs is 1. The van der Waals surface area contributed by atoms with Crippen LogP contribution in [0.2, 0.25) is 0 Å². The van der Waals surface area contributed by atoms with Crippen molar-refractivity contribution in [2.75, 3.05) is 18.1 Å². The molecule has 0 fully saturated rings. The van der Waals surface area contributed by atoms with Crippen molar-refractivity contribution in [3.05, 3.63) is 23.8 Å². The van der Waals surface area contributed by atoms with Gasteiger partial charge in [-0.05, 0) is 31.5 Å². The van der Waals surface area contributed by atoms with E-state index in [1.54, 1.807) is 11.8 Å². The predicted molar refractivity (Wildman–Crippen MR) is 62.7 cm³/mol. The van der Waals surface area contributed by atoms with Crippen LogP contribution in [0.3, 0.4) is 0 Å². The topological polar surface area (TPSA) is 55.6 Å². The molecule has 1 heterocycles. The number of anilines is 1. The van der Waals surface area contributed by atoms with Crippen LogP contribution in [-0.4, -0.2) is 25.1 Å². The Morgan fingerprint density at radius 1 is 1.56 bits per heavy atom. The van der Waals surface area contributed by atoms with Crippen LogP contribution in [-0.2, 0) is 4.79 Å². The largest absolute Gasteiger partial charge is 0.490 e. The number of hydrogen-bond donors (Lipinski definition) is 1. The molecule has 0 unspecified atom stereocenters. The molecule has 0 bridgehead atoms. The zero-order valence-electron chi connectivity index (χ0n) is 9.56. The molecule has 0 saturated heterocycles. The van der Waals surface area contributed by atoms with E-state index in [1.807, 2.05) is 25.1 Å². The molecular formula is C12H16N2O2. The maximum absolute atomic E-state index is 11.9. The summed E-state index contributed by atoms with van der Waals surface area (Å²) < 4.78 is 5.53.